The molecule has 39 heavy (non-hydrogen) atoms. The van der Waals surface area contributed by atoms with Crippen molar-refractivity contribution in [3.8, 4) is 11.1 Å². The van der Waals surface area contributed by atoms with Gasteiger partial charge in [-0.2, -0.15) is 18.2 Å². The molecule has 11 nitrogen and oxygen atoms in total. The fourth-order valence-electron chi connectivity index (χ4n) is 3.93. The van der Waals surface area contributed by atoms with Gasteiger partial charge in [-0.15, -0.1) is 0 Å². The van der Waals surface area contributed by atoms with E-state index in [-0.39, 0.29) is 17.3 Å². The number of urea groups is 1. The number of fused-ring (bicyclic) bond motifs is 1. The fraction of sp³-hybridized carbons (Fsp3) is 0.375. The normalized spacial score (nSPS) is 13.8. The molecule has 0 saturated carbocycles. The van der Waals surface area contributed by atoms with Crippen LogP contribution in [0.15, 0.2) is 29.2 Å². The number of piperidine rings is 1. The summed E-state index contributed by atoms with van der Waals surface area (Å²) >= 11 is 0. The van der Waals surface area contributed by atoms with E-state index in [1.54, 1.807) is 33.3 Å². The Bertz CT molecular complexity index is 1440. The van der Waals surface area contributed by atoms with Crippen LogP contribution in [0.4, 0.5) is 34.0 Å². The number of carboxylic acids is 1. The second kappa shape index (κ2) is 12.1. The van der Waals surface area contributed by atoms with Gasteiger partial charge in [0.1, 0.15) is 11.5 Å². The molecule has 0 atom stereocenters. The maximum Gasteiger partial charge on any atom is 0.490 e. The first-order chi connectivity index (χ1) is 18.3. The molecule has 2 amide bonds. The average Bonchev–Trinajstić information content (AvgIpc) is 2.88. The molecule has 2 aromatic heterocycles. The quantitative estimate of drug-likeness (QED) is 0.310. The first-order valence-electron chi connectivity index (χ1n) is 11.7. The Hall–Kier alpha value is -4.27. The topological polar surface area (TPSA) is 150 Å². The summed E-state index contributed by atoms with van der Waals surface area (Å²) in [5.41, 5.74) is 1.71. The zero-order valence-corrected chi connectivity index (χ0v) is 21.2. The highest BCUT2D eigenvalue weighted by atomic mass is 19.4. The third-order valence-electron chi connectivity index (χ3n) is 5.94. The number of aliphatic carboxylic acids is 1. The number of aryl methyl sites for hydroxylation is 2. The minimum atomic E-state index is -5.08. The van der Waals surface area contributed by atoms with Crippen molar-refractivity contribution in [1.82, 2.24) is 25.2 Å². The number of nitrogens with zero attached hydrogens (tertiary/aromatic N) is 3. The predicted molar refractivity (Wildman–Crippen MR) is 136 cm³/mol. The number of alkyl halides is 3. The first-order valence-corrected chi connectivity index (χ1v) is 11.7. The molecule has 0 bridgehead atoms. The van der Waals surface area contributed by atoms with Crippen molar-refractivity contribution in [3.05, 3.63) is 46.1 Å². The van der Waals surface area contributed by atoms with E-state index in [1.165, 1.54) is 16.7 Å². The van der Waals surface area contributed by atoms with Gasteiger partial charge in [-0.1, -0.05) is 0 Å². The van der Waals surface area contributed by atoms with Gasteiger partial charge in [-0.25, -0.2) is 19.0 Å². The van der Waals surface area contributed by atoms with Crippen LogP contribution >= 0.6 is 0 Å². The number of hydrogen-bond acceptors (Lipinski definition) is 7. The number of hydrogen-bond donors (Lipinski definition) is 5. The van der Waals surface area contributed by atoms with Crippen molar-refractivity contribution in [1.29, 1.82) is 0 Å². The molecule has 1 aromatic carbocycles. The van der Waals surface area contributed by atoms with Gasteiger partial charge in [0.15, 0.2) is 0 Å². The van der Waals surface area contributed by atoms with E-state index in [2.05, 4.69) is 31.2 Å². The number of rotatable bonds is 4. The maximum atomic E-state index is 14.6. The van der Waals surface area contributed by atoms with Crippen LogP contribution in [0.3, 0.4) is 0 Å². The molecule has 5 N–H and O–H groups in total. The third-order valence-corrected chi connectivity index (χ3v) is 5.94. The van der Waals surface area contributed by atoms with Crippen molar-refractivity contribution in [3.63, 3.8) is 0 Å². The second-order valence-electron chi connectivity index (χ2n) is 8.72. The lowest BCUT2D eigenvalue weighted by molar-refractivity contribution is -0.192. The zero-order valence-electron chi connectivity index (χ0n) is 21.2. The molecule has 4 rings (SSSR count). The Kier molecular flexibility index (Phi) is 9.06. The van der Waals surface area contributed by atoms with E-state index in [1.807, 2.05) is 0 Å². The van der Waals surface area contributed by atoms with Gasteiger partial charge in [0.05, 0.1) is 5.69 Å². The molecule has 1 saturated heterocycles. The van der Waals surface area contributed by atoms with Crippen molar-refractivity contribution in [2.75, 3.05) is 30.8 Å². The third kappa shape index (κ3) is 7.19. The lowest BCUT2D eigenvalue weighted by Gasteiger charge is -2.24. The highest BCUT2D eigenvalue weighted by molar-refractivity contribution is 5.91. The van der Waals surface area contributed by atoms with Crippen LogP contribution in [-0.4, -0.2) is 64.0 Å². The van der Waals surface area contributed by atoms with Crippen LogP contribution in [0.5, 0.6) is 0 Å². The Morgan fingerprint density at radius 2 is 1.79 bits per heavy atom. The van der Waals surface area contributed by atoms with Crippen molar-refractivity contribution >= 4 is 34.7 Å². The number of carbonyl (C=O) groups is 2. The van der Waals surface area contributed by atoms with Gasteiger partial charge in [-0.3, -0.25) is 9.36 Å². The Morgan fingerprint density at radius 1 is 1.15 bits per heavy atom. The maximum absolute atomic E-state index is 14.6. The number of nitrogens with one attached hydrogen (secondary N) is 4. The van der Waals surface area contributed by atoms with E-state index < -0.39 is 24.0 Å². The van der Waals surface area contributed by atoms with Gasteiger partial charge in [-0.05, 0) is 62.2 Å². The minimum absolute atomic E-state index is 0.0148. The molecule has 1 fully saturated rings. The molecule has 3 aromatic rings. The number of pyridine rings is 1. The fourth-order valence-corrected chi connectivity index (χ4v) is 3.93. The summed E-state index contributed by atoms with van der Waals surface area (Å²) in [6.45, 7) is 3.39. The predicted octanol–water partition coefficient (Wildman–Crippen LogP) is 2.99. The van der Waals surface area contributed by atoms with E-state index >= 15 is 0 Å². The van der Waals surface area contributed by atoms with E-state index in [0.29, 0.717) is 33.7 Å². The van der Waals surface area contributed by atoms with Gasteiger partial charge in [0.25, 0.3) is 5.56 Å². The van der Waals surface area contributed by atoms with Crippen LogP contribution in [0, 0.1) is 12.7 Å². The van der Waals surface area contributed by atoms with Gasteiger partial charge in [0.2, 0.25) is 5.95 Å². The molecule has 210 valence electrons. The molecule has 1 aliphatic heterocycles. The Labute approximate surface area is 219 Å². The van der Waals surface area contributed by atoms with Gasteiger partial charge < -0.3 is 26.4 Å². The van der Waals surface area contributed by atoms with Crippen LogP contribution in [-0.2, 0) is 11.8 Å². The monoisotopic (exact) mass is 553 g/mol. The van der Waals surface area contributed by atoms with Gasteiger partial charge in [0, 0.05) is 37.3 Å². The summed E-state index contributed by atoms with van der Waals surface area (Å²) in [5.74, 6) is -2.91. The van der Waals surface area contributed by atoms with E-state index in [9.17, 15) is 27.2 Å². The number of anilines is 2. The van der Waals surface area contributed by atoms with E-state index in [0.717, 1.165) is 25.9 Å². The van der Waals surface area contributed by atoms with Crippen LogP contribution in [0.2, 0.25) is 0 Å². The zero-order chi connectivity index (χ0) is 28.9. The lowest BCUT2D eigenvalue weighted by Crippen LogP contribution is -2.44. The van der Waals surface area contributed by atoms with Crippen LogP contribution < -0.4 is 26.8 Å². The van der Waals surface area contributed by atoms with Crippen molar-refractivity contribution in [2.24, 2.45) is 7.05 Å². The molecular formula is C24H27F4N7O4. The summed E-state index contributed by atoms with van der Waals surface area (Å²) in [5, 5.41) is 19.4. The number of benzene rings is 1. The molecule has 0 aliphatic carbocycles. The minimum Gasteiger partial charge on any atom is -0.475 e. The Morgan fingerprint density at radius 3 is 2.38 bits per heavy atom. The standard InChI is InChI=1S/C22H26FN7O2.C2HF3O2/c1-12-8-17(23)18(28-22(32)27-14-4-6-25-7-5-14)10-15(12)16-9-13-11-26-21(24-2)29-19(13)30(3)20(16)31;3-2(4,5)1(6)7/h8-11,14,25H,4-7H2,1-3H3,(H,24,26,29)(H2,27,28,32);(H,6,7). The number of aromatic nitrogens is 3. The molecule has 3 heterocycles. The molecular weight excluding hydrogens is 526 g/mol. The molecule has 1 aliphatic rings. The SMILES string of the molecule is CNc1ncc2cc(-c3cc(NC(=O)NC4CCNCC4)c(F)cc3C)c(=O)n(C)c2n1.O=C(O)C(F)(F)F. The van der Waals surface area contributed by atoms with Crippen molar-refractivity contribution < 1.29 is 32.3 Å². The molecule has 0 spiro atoms. The Balaban J connectivity index is 0.000000532. The average molecular weight is 554 g/mol. The van der Waals surface area contributed by atoms with E-state index in [4.69, 9.17) is 9.90 Å². The number of halogens is 4. The van der Waals surface area contributed by atoms with Crippen LogP contribution in [0.1, 0.15) is 18.4 Å². The highest BCUT2D eigenvalue weighted by Gasteiger charge is 2.38. The molecule has 0 radical (unpaired) electrons. The van der Waals surface area contributed by atoms with Gasteiger partial charge >= 0.3 is 18.2 Å². The smallest absolute Gasteiger partial charge is 0.475 e. The number of carboxylic acid groups (broad SMARTS) is 1. The second-order valence-corrected chi connectivity index (χ2v) is 8.72. The summed E-state index contributed by atoms with van der Waals surface area (Å²) in [7, 11) is 3.33. The molecule has 0 unspecified atom stereocenters. The summed E-state index contributed by atoms with van der Waals surface area (Å²) < 4.78 is 47.8. The molecule has 15 heteroatoms. The summed E-state index contributed by atoms with van der Waals surface area (Å²) in [6, 6.07) is 4.08. The van der Waals surface area contributed by atoms with Crippen molar-refractivity contribution in [2.45, 2.75) is 32.0 Å². The number of amides is 2. The summed E-state index contributed by atoms with van der Waals surface area (Å²) in [6.07, 6.45) is -1.82. The summed E-state index contributed by atoms with van der Waals surface area (Å²) in [4.78, 5) is 43.0. The highest BCUT2D eigenvalue weighted by Crippen LogP contribution is 2.28. The first kappa shape index (κ1) is 29.3. The number of carbonyl (C=O) groups excluding carboxylic acids is 1. The lowest BCUT2D eigenvalue weighted by atomic mass is 9.99. The van der Waals surface area contributed by atoms with Crippen LogP contribution in [0.25, 0.3) is 22.2 Å². The largest absolute Gasteiger partial charge is 0.490 e.